The van der Waals surface area contributed by atoms with Gasteiger partial charge in [-0.3, -0.25) is 24.3 Å². The number of nitrogens with one attached hydrogen (secondary N) is 1. The fourth-order valence-corrected chi connectivity index (χ4v) is 3.82. The summed E-state index contributed by atoms with van der Waals surface area (Å²) in [5.74, 6) is -5.35. The van der Waals surface area contributed by atoms with Crippen LogP contribution in [0.5, 0.6) is 0 Å². The van der Waals surface area contributed by atoms with E-state index in [0.29, 0.717) is 31.7 Å². The minimum absolute atomic E-state index is 0.0762. The summed E-state index contributed by atoms with van der Waals surface area (Å²) < 4.78 is 5.04. The molecule has 1 N–H and O–H groups in total. The molecule has 0 aliphatic heterocycles. The number of ether oxygens (including phenoxy) is 1. The van der Waals surface area contributed by atoms with E-state index in [-0.39, 0.29) is 45.8 Å². The Morgan fingerprint density at radius 1 is 0.680 bits per heavy atom. The highest BCUT2D eigenvalue weighted by atomic mass is 17.4. The predicted molar refractivity (Wildman–Crippen MR) is 180 cm³/mol. The fraction of sp³-hybridized carbons (Fsp3) is 0.636. The van der Waals surface area contributed by atoms with Crippen LogP contribution in [0, 0.1) is 0 Å². The molecule has 1 amide bonds. The first kappa shape index (κ1) is 44.0. The van der Waals surface area contributed by atoms with Gasteiger partial charge in [-0.15, -0.1) is 14.5 Å². The zero-order chi connectivity index (χ0) is 37.7. The van der Waals surface area contributed by atoms with Crippen LogP contribution in [0.1, 0.15) is 46.1 Å². The van der Waals surface area contributed by atoms with Gasteiger partial charge in [-0.25, -0.2) is 19.2 Å². The molecule has 1 aromatic carbocycles. The molecule has 1 aromatic rings. The predicted octanol–water partition coefficient (Wildman–Crippen LogP) is 0.494. The molecule has 0 heterocycles. The molecule has 0 spiro atoms. The number of ketones is 1. The number of hydrogen-bond acceptors (Lipinski definition) is 15. The molecule has 0 saturated heterocycles. The van der Waals surface area contributed by atoms with Crippen molar-refractivity contribution in [3.05, 3.63) is 35.9 Å². The lowest BCUT2D eigenvalue weighted by molar-refractivity contribution is -1.45. The van der Waals surface area contributed by atoms with Gasteiger partial charge in [0, 0.05) is 19.4 Å². The van der Waals surface area contributed by atoms with Crippen LogP contribution >= 0.6 is 0 Å². The minimum Gasteiger partial charge on any atom is -0.455 e. The summed E-state index contributed by atoms with van der Waals surface area (Å²) in [6, 6.07) is 8.83. The van der Waals surface area contributed by atoms with Gasteiger partial charge in [0.2, 0.25) is 11.7 Å². The number of hydrogen-bond donors (Lipinski definition) is 1. The van der Waals surface area contributed by atoms with Crippen molar-refractivity contribution in [3.63, 3.8) is 0 Å². The van der Waals surface area contributed by atoms with Gasteiger partial charge in [0.15, 0.2) is 6.10 Å². The van der Waals surface area contributed by atoms with Crippen molar-refractivity contribution in [3.8, 4) is 0 Å². The Hall–Kier alpha value is -4.00. The molecular weight excluding hydrogens is 656 g/mol. The molecule has 0 aromatic heterocycles. The normalized spacial score (nSPS) is 12.2. The van der Waals surface area contributed by atoms with Crippen LogP contribution in [0.3, 0.4) is 0 Å². The Morgan fingerprint density at radius 3 is 1.58 bits per heavy atom. The zero-order valence-corrected chi connectivity index (χ0v) is 30.7. The first-order chi connectivity index (χ1) is 23.6. The van der Waals surface area contributed by atoms with Gasteiger partial charge in [-0.1, -0.05) is 62.9 Å². The van der Waals surface area contributed by atoms with E-state index >= 15 is 0 Å². The molecule has 17 nitrogen and oxygen atoms in total. The van der Waals surface area contributed by atoms with Crippen LogP contribution in [0.15, 0.2) is 30.3 Å². The van der Waals surface area contributed by atoms with Crippen molar-refractivity contribution in [2.75, 3.05) is 87.1 Å². The first-order valence-electron chi connectivity index (χ1n) is 16.6. The number of amides is 1. The van der Waals surface area contributed by atoms with Crippen molar-refractivity contribution in [2.24, 2.45) is 0 Å². The highest BCUT2D eigenvalue weighted by Crippen LogP contribution is 2.19. The number of quaternary nitrogens is 1. The fourth-order valence-electron chi connectivity index (χ4n) is 3.82. The summed E-state index contributed by atoms with van der Waals surface area (Å²) in [4.78, 5) is 106. The number of carbonyl (C=O) groups is 6. The van der Waals surface area contributed by atoms with Crippen molar-refractivity contribution < 1.29 is 58.0 Å². The maximum atomic E-state index is 13.1. The van der Waals surface area contributed by atoms with Crippen molar-refractivity contribution in [1.29, 1.82) is 0 Å². The maximum absolute atomic E-state index is 13.1. The number of carbonyl (C=O) groups excluding carboxylic acids is 6. The molecular formula is C33H55N6O11+. The van der Waals surface area contributed by atoms with Crippen LogP contribution in [0.25, 0.3) is 0 Å². The van der Waals surface area contributed by atoms with Crippen molar-refractivity contribution in [1.82, 2.24) is 24.9 Å². The van der Waals surface area contributed by atoms with Crippen molar-refractivity contribution in [2.45, 2.75) is 53.2 Å². The third kappa shape index (κ3) is 18.1. The van der Waals surface area contributed by atoms with E-state index in [0.717, 1.165) is 0 Å². The smallest absolute Gasteiger partial charge is 0.396 e. The number of Topliss-reactive ketones (excluding diaryl/α,β-unsaturated/α-hetero) is 1. The monoisotopic (exact) mass is 711 g/mol. The lowest BCUT2D eigenvalue weighted by atomic mass is 10.2. The molecule has 17 heteroatoms. The average molecular weight is 712 g/mol. The van der Waals surface area contributed by atoms with Crippen LogP contribution < -0.4 is 5.32 Å². The first-order valence-corrected chi connectivity index (χ1v) is 16.6. The van der Waals surface area contributed by atoms with Crippen molar-refractivity contribution >= 4 is 35.6 Å². The highest BCUT2D eigenvalue weighted by molar-refractivity contribution is 6.33. The Morgan fingerprint density at radius 2 is 1.14 bits per heavy atom. The van der Waals surface area contributed by atoms with Gasteiger partial charge >= 0.3 is 29.0 Å². The standard InChI is InChI=1S/C33H54N6O11/c1-9-35(5)21-27(20-34-29(41)19-18-28(40)33(45)46-25-26-16-14-13-15-17-26)47-39(48-30(42)22-36(6)10-2,49-31(43)23-37(7)11-3)50-32(44)24-38(8)12-4/h13-17,27H,9-12,18-25H2,1-8H3/p+1. The van der Waals surface area contributed by atoms with Gasteiger partial charge in [-0.05, 0) is 59.9 Å². The number of rotatable bonds is 25. The lowest BCUT2D eigenvalue weighted by Crippen LogP contribution is -2.58. The molecule has 1 atom stereocenters. The number of nitrogens with zero attached hydrogens (tertiary/aromatic N) is 5. The second kappa shape index (κ2) is 23.4. The molecule has 50 heavy (non-hydrogen) atoms. The Bertz CT molecular complexity index is 1170. The third-order valence-electron chi connectivity index (χ3n) is 7.34. The summed E-state index contributed by atoms with van der Waals surface area (Å²) in [6.07, 6.45) is -1.86. The van der Waals surface area contributed by atoms with E-state index in [1.165, 1.54) is 0 Å². The van der Waals surface area contributed by atoms with E-state index in [2.05, 4.69) is 5.32 Å². The molecule has 0 aliphatic rings. The van der Waals surface area contributed by atoms with Gasteiger partial charge in [-0.2, -0.15) is 0 Å². The van der Waals surface area contributed by atoms with E-state index in [1.807, 2.05) is 27.7 Å². The maximum Gasteiger partial charge on any atom is 0.396 e. The van der Waals surface area contributed by atoms with Gasteiger partial charge in [0.1, 0.15) is 26.2 Å². The van der Waals surface area contributed by atoms with Crippen LogP contribution in [0.4, 0.5) is 0 Å². The van der Waals surface area contributed by atoms with E-state index in [9.17, 15) is 28.8 Å². The Balaban J connectivity index is 3.22. The summed E-state index contributed by atoms with van der Waals surface area (Å²) in [5.41, 5.74) is 0.707. The summed E-state index contributed by atoms with van der Waals surface area (Å²) >= 11 is 0. The molecule has 1 rings (SSSR count). The lowest BCUT2D eigenvalue weighted by Gasteiger charge is -2.29. The average Bonchev–Trinajstić information content (AvgIpc) is 3.07. The Kier molecular flexibility index (Phi) is 20.6. The third-order valence-corrected chi connectivity index (χ3v) is 7.34. The Labute approximate surface area is 294 Å². The molecule has 282 valence electrons. The molecule has 0 aliphatic carbocycles. The molecule has 0 radical (unpaired) electrons. The minimum atomic E-state index is -2.03. The zero-order valence-electron chi connectivity index (χ0n) is 30.7. The van der Waals surface area contributed by atoms with Crippen LogP contribution in [-0.2, 0) is 59.5 Å². The molecule has 0 saturated carbocycles. The summed E-state index contributed by atoms with van der Waals surface area (Å²) in [5, 5.41) is 0.585. The molecule has 0 fully saturated rings. The van der Waals surface area contributed by atoms with Gasteiger partial charge in [0.25, 0.3) is 0 Å². The quantitative estimate of drug-likeness (QED) is 0.0642. The number of likely N-dealkylation sites (N-methyl/N-ethyl adjacent to an activating group) is 4. The van der Waals surface area contributed by atoms with E-state index in [1.54, 1.807) is 78.1 Å². The van der Waals surface area contributed by atoms with E-state index < -0.39 is 53.2 Å². The second-order valence-electron chi connectivity index (χ2n) is 11.7. The number of esters is 1. The van der Waals surface area contributed by atoms with Gasteiger partial charge in [0.05, 0.1) is 6.54 Å². The number of benzene rings is 1. The van der Waals surface area contributed by atoms with E-state index in [4.69, 9.17) is 24.1 Å². The SMILES string of the molecule is CCN(C)CC(=O)O[N+](OC(=O)CN(C)CC)(OC(=O)CN(C)CC)OC(CNC(=O)CCC(=O)C(=O)OCc1ccccc1)CN(C)CC. The topological polar surface area (TPSA) is 174 Å². The molecule has 1 unspecified atom stereocenters. The van der Waals surface area contributed by atoms with Gasteiger partial charge < -0.3 is 15.0 Å². The summed E-state index contributed by atoms with van der Waals surface area (Å²) in [6.45, 7) is 8.18. The van der Waals surface area contributed by atoms with Crippen LogP contribution in [0.2, 0.25) is 0 Å². The second-order valence-corrected chi connectivity index (χ2v) is 11.7. The highest BCUT2D eigenvalue weighted by Gasteiger charge is 2.51. The van der Waals surface area contributed by atoms with Crippen LogP contribution in [-0.4, -0.2) is 154 Å². The molecule has 0 bridgehead atoms. The summed E-state index contributed by atoms with van der Waals surface area (Å²) in [7, 11) is 6.72. The largest absolute Gasteiger partial charge is 0.455 e.